The predicted octanol–water partition coefficient (Wildman–Crippen LogP) is 1.89. The molecule has 4 heteroatoms. The topological polar surface area (TPSA) is 38.7 Å². The van der Waals surface area contributed by atoms with Crippen molar-refractivity contribution in [3.63, 3.8) is 0 Å². The van der Waals surface area contributed by atoms with E-state index in [9.17, 15) is 0 Å². The van der Waals surface area contributed by atoms with Crippen LogP contribution in [0.5, 0.6) is 11.5 Å². The molecular formula is C10H13ClO3. The molecule has 1 rings (SSSR count). The minimum atomic E-state index is 0.0348. The third-order valence-corrected chi connectivity index (χ3v) is 2.25. The predicted molar refractivity (Wildman–Crippen MR) is 55.3 cm³/mol. The second-order valence-electron chi connectivity index (χ2n) is 2.74. The summed E-state index contributed by atoms with van der Waals surface area (Å²) < 4.78 is 10.3. The molecule has 0 aliphatic rings. The fourth-order valence-electron chi connectivity index (χ4n) is 1.34. The van der Waals surface area contributed by atoms with E-state index in [0.717, 1.165) is 5.56 Å². The number of hydrogen-bond donors (Lipinski definition) is 1. The van der Waals surface area contributed by atoms with Crippen LogP contribution in [0.25, 0.3) is 0 Å². The molecule has 0 aromatic heterocycles. The maximum Gasteiger partial charge on any atom is 0.144 e. The molecule has 1 N–H and O–H groups in total. The van der Waals surface area contributed by atoms with Crippen LogP contribution < -0.4 is 9.47 Å². The summed E-state index contributed by atoms with van der Waals surface area (Å²) >= 11 is 5.93. The minimum Gasteiger partial charge on any atom is -0.496 e. The van der Waals surface area contributed by atoms with E-state index in [0.29, 0.717) is 22.9 Å². The zero-order chi connectivity index (χ0) is 10.6. The quantitative estimate of drug-likeness (QED) is 0.836. The van der Waals surface area contributed by atoms with Crippen LogP contribution in [-0.4, -0.2) is 25.9 Å². The minimum absolute atomic E-state index is 0.0348. The molecule has 14 heavy (non-hydrogen) atoms. The Bertz CT molecular complexity index is 312. The summed E-state index contributed by atoms with van der Waals surface area (Å²) in [5, 5.41) is 9.42. The molecule has 1 aromatic rings. The van der Waals surface area contributed by atoms with Crippen molar-refractivity contribution in [2.75, 3.05) is 20.8 Å². The number of halogens is 1. The van der Waals surface area contributed by atoms with Gasteiger partial charge in [0, 0.05) is 18.6 Å². The second-order valence-corrected chi connectivity index (χ2v) is 3.14. The standard InChI is InChI=1S/C10H13ClO3/c1-13-9-4-3-8(11)10(14-2)7(9)5-6-12/h3-4,12H,5-6H2,1-2H3. The van der Waals surface area contributed by atoms with Gasteiger partial charge in [-0.15, -0.1) is 0 Å². The highest BCUT2D eigenvalue weighted by molar-refractivity contribution is 6.32. The molecule has 0 saturated heterocycles. The van der Waals surface area contributed by atoms with Crippen LogP contribution in [0.1, 0.15) is 5.56 Å². The van der Waals surface area contributed by atoms with Gasteiger partial charge in [-0.05, 0) is 12.1 Å². The van der Waals surface area contributed by atoms with Gasteiger partial charge in [0.15, 0.2) is 0 Å². The zero-order valence-electron chi connectivity index (χ0n) is 8.21. The summed E-state index contributed by atoms with van der Waals surface area (Å²) in [5.74, 6) is 1.25. The highest BCUT2D eigenvalue weighted by atomic mass is 35.5. The molecule has 0 spiro atoms. The molecule has 0 radical (unpaired) electrons. The van der Waals surface area contributed by atoms with Crippen LogP contribution in [0.4, 0.5) is 0 Å². The SMILES string of the molecule is COc1ccc(Cl)c(OC)c1CCO. The van der Waals surface area contributed by atoms with Gasteiger partial charge in [0.05, 0.1) is 19.2 Å². The summed E-state index contributed by atoms with van der Waals surface area (Å²) in [5.41, 5.74) is 0.796. The van der Waals surface area contributed by atoms with Crippen molar-refractivity contribution in [1.82, 2.24) is 0 Å². The van der Waals surface area contributed by atoms with Crippen LogP contribution in [-0.2, 0) is 6.42 Å². The summed E-state index contributed by atoms with van der Waals surface area (Å²) in [6.45, 7) is 0.0348. The van der Waals surface area contributed by atoms with Crippen LogP contribution in [0, 0.1) is 0 Å². The Kier molecular flexibility index (Phi) is 4.04. The lowest BCUT2D eigenvalue weighted by atomic mass is 10.1. The van der Waals surface area contributed by atoms with Crippen LogP contribution in [0.2, 0.25) is 5.02 Å². The van der Waals surface area contributed by atoms with Crippen molar-refractivity contribution in [2.24, 2.45) is 0 Å². The van der Waals surface area contributed by atoms with Crippen molar-refractivity contribution in [3.8, 4) is 11.5 Å². The first-order chi connectivity index (χ1) is 6.74. The average Bonchev–Trinajstić information content (AvgIpc) is 2.19. The van der Waals surface area contributed by atoms with Crippen molar-refractivity contribution in [2.45, 2.75) is 6.42 Å². The van der Waals surface area contributed by atoms with Crippen LogP contribution in [0.3, 0.4) is 0 Å². The third-order valence-electron chi connectivity index (χ3n) is 1.96. The van der Waals surface area contributed by atoms with Crippen LogP contribution in [0.15, 0.2) is 12.1 Å². The van der Waals surface area contributed by atoms with Crippen molar-refractivity contribution in [3.05, 3.63) is 22.7 Å². The van der Waals surface area contributed by atoms with Gasteiger partial charge >= 0.3 is 0 Å². The number of hydrogen-bond acceptors (Lipinski definition) is 3. The molecule has 0 saturated carbocycles. The lowest BCUT2D eigenvalue weighted by Crippen LogP contribution is -2.00. The van der Waals surface area contributed by atoms with E-state index in [1.807, 2.05) is 0 Å². The smallest absolute Gasteiger partial charge is 0.144 e. The average molecular weight is 217 g/mol. The first-order valence-electron chi connectivity index (χ1n) is 4.24. The molecule has 0 atom stereocenters. The number of benzene rings is 1. The van der Waals surface area contributed by atoms with Gasteiger partial charge in [-0.2, -0.15) is 0 Å². The fourth-order valence-corrected chi connectivity index (χ4v) is 1.60. The molecule has 0 amide bonds. The Morgan fingerprint density at radius 1 is 1.29 bits per heavy atom. The molecule has 0 bridgehead atoms. The van der Waals surface area contributed by atoms with Gasteiger partial charge in [0.1, 0.15) is 11.5 Å². The number of rotatable bonds is 4. The Morgan fingerprint density at radius 2 is 2.00 bits per heavy atom. The first kappa shape index (κ1) is 11.1. The molecule has 0 heterocycles. The molecule has 1 aromatic carbocycles. The third kappa shape index (κ3) is 2.11. The summed E-state index contributed by atoms with van der Waals surface area (Å²) in [7, 11) is 3.12. The summed E-state index contributed by atoms with van der Waals surface area (Å²) in [6, 6.07) is 3.47. The van der Waals surface area contributed by atoms with E-state index in [1.165, 1.54) is 0 Å². The van der Waals surface area contributed by atoms with Gasteiger partial charge in [0.2, 0.25) is 0 Å². The van der Waals surface area contributed by atoms with E-state index < -0.39 is 0 Å². The Morgan fingerprint density at radius 3 is 2.50 bits per heavy atom. The fraction of sp³-hybridized carbons (Fsp3) is 0.400. The van der Waals surface area contributed by atoms with E-state index >= 15 is 0 Å². The van der Waals surface area contributed by atoms with Crippen molar-refractivity contribution >= 4 is 11.6 Å². The molecule has 78 valence electrons. The Balaban J connectivity index is 3.21. The molecule has 0 fully saturated rings. The van der Waals surface area contributed by atoms with E-state index in [-0.39, 0.29) is 6.61 Å². The van der Waals surface area contributed by atoms with E-state index in [4.69, 9.17) is 26.2 Å². The summed E-state index contributed by atoms with van der Waals surface area (Å²) in [4.78, 5) is 0. The van der Waals surface area contributed by atoms with Crippen LogP contribution >= 0.6 is 11.6 Å². The maximum absolute atomic E-state index is 8.90. The van der Waals surface area contributed by atoms with Crippen molar-refractivity contribution < 1.29 is 14.6 Å². The summed E-state index contributed by atoms with van der Waals surface area (Å²) in [6.07, 6.45) is 0.465. The Hall–Kier alpha value is -0.930. The molecule has 0 unspecified atom stereocenters. The number of aliphatic hydroxyl groups excluding tert-OH is 1. The highest BCUT2D eigenvalue weighted by Crippen LogP contribution is 2.35. The Labute approximate surface area is 88.2 Å². The van der Waals surface area contributed by atoms with Gasteiger partial charge in [0.25, 0.3) is 0 Å². The van der Waals surface area contributed by atoms with Gasteiger partial charge in [-0.1, -0.05) is 11.6 Å². The van der Waals surface area contributed by atoms with E-state index in [1.54, 1.807) is 26.4 Å². The monoisotopic (exact) mass is 216 g/mol. The zero-order valence-corrected chi connectivity index (χ0v) is 8.97. The van der Waals surface area contributed by atoms with Gasteiger partial charge in [-0.3, -0.25) is 0 Å². The van der Waals surface area contributed by atoms with Gasteiger partial charge < -0.3 is 14.6 Å². The normalized spacial score (nSPS) is 10.0. The second kappa shape index (κ2) is 5.08. The molecule has 0 aliphatic carbocycles. The number of aliphatic hydroxyl groups is 1. The highest BCUT2D eigenvalue weighted by Gasteiger charge is 2.12. The van der Waals surface area contributed by atoms with E-state index in [2.05, 4.69) is 0 Å². The number of methoxy groups -OCH3 is 2. The lowest BCUT2D eigenvalue weighted by Gasteiger charge is -2.13. The largest absolute Gasteiger partial charge is 0.496 e. The number of ether oxygens (including phenoxy) is 2. The maximum atomic E-state index is 8.90. The first-order valence-corrected chi connectivity index (χ1v) is 4.62. The molecule has 3 nitrogen and oxygen atoms in total. The molecule has 0 aliphatic heterocycles. The van der Waals surface area contributed by atoms with Gasteiger partial charge in [-0.25, -0.2) is 0 Å². The molecular weight excluding hydrogens is 204 g/mol. The lowest BCUT2D eigenvalue weighted by molar-refractivity contribution is 0.293. The van der Waals surface area contributed by atoms with Crippen molar-refractivity contribution in [1.29, 1.82) is 0 Å².